The van der Waals surface area contributed by atoms with E-state index in [4.69, 9.17) is 10.8 Å². The zero-order chi connectivity index (χ0) is 10.0. The van der Waals surface area contributed by atoms with E-state index in [1.165, 1.54) is 11.8 Å². The molecule has 0 unspecified atom stereocenters. The minimum atomic E-state index is -1.16. The van der Waals surface area contributed by atoms with Crippen LogP contribution in [0, 0.1) is 6.92 Å². The average molecular weight is 199 g/mol. The van der Waals surface area contributed by atoms with Crippen LogP contribution in [0.3, 0.4) is 0 Å². The highest BCUT2D eigenvalue weighted by Gasteiger charge is 2.12. The van der Waals surface area contributed by atoms with Gasteiger partial charge in [0.15, 0.2) is 0 Å². The molecule has 5 nitrogen and oxygen atoms in total. The van der Waals surface area contributed by atoms with E-state index in [9.17, 15) is 4.79 Å². The van der Waals surface area contributed by atoms with Gasteiger partial charge in [-0.2, -0.15) is 0 Å². The minimum Gasteiger partial charge on any atom is -0.475 e. The second-order valence-corrected chi connectivity index (χ2v) is 3.17. The summed E-state index contributed by atoms with van der Waals surface area (Å²) >= 11 is 1.35. The van der Waals surface area contributed by atoms with Crippen molar-refractivity contribution in [2.75, 3.05) is 12.0 Å². The topological polar surface area (TPSA) is 89.1 Å². The van der Waals surface area contributed by atoms with E-state index >= 15 is 0 Å². The maximum Gasteiger partial charge on any atom is 0.374 e. The maximum absolute atomic E-state index is 10.5. The number of nitrogen functional groups attached to an aromatic ring is 1. The van der Waals surface area contributed by atoms with Crippen LogP contribution in [-0.2, 0) is 0 Å². The standard InChI is InChI=1S/C7H9N3O2S/c1-3-4(8)9-5(7(11)12)10-6(3)13-2/h1-2H3,(H,11,12)(H2,8,9,10). The first-order chi connectivity index (χ1) is 6.06. The third-order valence-electron chi connectivity index (χ3n) is 1.52. The molecule has 0 atom stereocenters. The molecule has 0 aliphatic carbocycles. The number of hydrogen-bond acceptors (Lipinski definition) is 5. The first kappa shape index (κ1) is 9.79. The second-order valence-electron chi connectivity index (χ2n) is 2.37. The average Bonchev–Trinajstić information content (AvgIpc) is 2.09. The summed E-state index contributed by atoms with van der Waals surface area (Å²) in [7, 11) is 0. The fourth-order valence-electron chi connectivity index (χ4n) is 0.807. The van der Waals surface area contributed by atoms with E-state index in [0.29, 0.717) is 5.03 Å². The van der Waals surface area contributed by atoms with E-state index < -0.39 is 5.97 Å². The lowest BCUT2D eigenvalue weighted by atomic mass is 10.3. The Morgan fingerprint density at radius 3 is 2.62 bits per heavy atom. The van der Waals surface area contributed by atoms with Crippen LogP contribution in [0.15, 0.2) is 5.03 Å². The van der Waals surface area contributed by atoms with Crippen molar-refractivity contribution in [3.63, 3.8) is 0 Å². The fraction of sp³-hybridized carbons (Fsp3) is 0.286. The SMILES string of the molecule is CSc1nc(C(=O)O)nc(N)c1C. The summed E-state index contributed by atoms with van der Waals surface area (Å²) < 4.78 is 0. The van der Waals surface area contributed by atoms with Gasteiger partial charge >= 0.3 is 5.97 Å². The molecular weight excluding hydrogens is 190 g/mol. The molecule has 0 aromatic carbocycles. The molecule has 1 aromatic rings. The van der Waals surface area contributed by atoms with E-state index in [1.807, 2.05) is 0 Å². The number of carboxylic acid groups (broad SMARTS) is 1. The van der Waals surface area contributed by atoms with Crippen LogP contribution in [0.5, 0.6) is 0 Å². The molecule has 1 rings (SSSR count). The number of rotatable bonds is 2. The van der Waals surface area contributed by atoms with Crippen LogP contribution in [0.2, 0.25) is 0 Å². The lowest BCUT2D eigenvalue weighted by Crippen LogP contribution is -2.09. The smallest absolute Gasteiger partial charge is 0.374 e. The minimum absolute atomic E-state index is 0.219. The number of nitrogens with zero attached hydrogens (tertiary/aromatic N) is 2. The zero-order valence-electron chi connectivity index (χ0n) is 7.24. The molecule has 1 heterocycles. The van der Waals surface area contributed by atoms with Gasteiger partial charge in [0, 0.05) is 5.56 Å². The van der Waals surface area contributed by atoms with Crippen molar-refractivity contribution in [3.8, 4) is 0 Å². The third-order valence-corrected chi connectivity index (χ3v) is 2.31. The number of hydrogen-bond donors (Lipinski definition) is 2. The molecule has 3 N–H and O–H groups in total. The number of carboxylic acids is 1. The van der Waals surface area contributed by atoms with Crippen LogP contribution >= 0.6 is 11.8 Å². The Morgan fingerprint density at radius 1 is 1.54 bits per heavy atom. The summed E-state index contributed by atoms with van der Waals surface area (Å²) in [5.41, 5.74) is 6.23. The Labute approximate surface area is 79.4 Å². The predicted molar refractivity (Wildman–Crippen MR) is 49.9 cm³/mol. The van der Waals surface area contributed by atoms with E-state index in [2.05, 4.69) is 9.97 Å². The zero-order valence-corrected chi connectivity index (χ0v) is 8.05. The van der Waals surface area contributed by atoms with Crippen molar-refractivity contribution in [1.82, 2.24) is 9.97 Å². The van der Waals surface area contributed by atoms with Gasteiger partial charge in [-0.3, -0.25) is 0 Å². The molecule has 1 aromatic heterocycles. The monoisotopic (exact) mass is 199 g/mol. The van der Waals surface area contributed by atoms with Crippen LogP contribution in [0.1, 0.15) is 16.2 Å². The molecule has 0 aliphatic rings. The first-order valence-corrected chi connectivity index (χ1v) is 4.70. The summed E-state index contributed by atoms with van der Waals surface area (Å²) in [5, 5.41) is 9.23. The van der Waals surface area contributed by atoms with Crippen LogP contribution < -0.4 is 5.73 Å². The van der Waals surface area contributed by atoms with Gasteiger partial charge in [0.05, 0.1) is 0 Å². The highest BCUT2D eigenvalue weighted by molar-refractivity contribution is 7.98. The van der Waals surface area contributed by atoms with Gasteiger partial charge in [0.2, 0.25) is 5.82 Å². The summed E-state index contributed by atoms with van der Waals surface area (Å²) in [6, 6.07) is 0. The summed E-state index contributed by atoms with van der Waals surface area (Å²) in [5.74, 6) is -1.20. The van der Waals surface area contributed by atoms with Gasteiger partial charge in [-0.05, 0) is 13.2 Å². The van der Waals surface area contributed by atoms with E-state index in [0.717, 1.165) is 5.56 Å². The van der Waals surface area contributed by atoms with Crippen LogP contribution in [0.4, 0.5) is 5.82 Å². The second kappa shape index (κ2) is 3.61. The third kappa shape index (κ3) is 1.89. The number of nitrogens with two attached hydrogens (primary N) is 1. The predicted octanol–water partition coefficient (Wildman–Crippen LogP) is 0.787. The molecule has 0 saturated heterocycles. The molecular formula is C7H9N3O2S. The van der Waals surface area contributed by atoms with Gasteiger partial charge in [0.1, 0.15) is 10.8 Å². The molecule has 0 saturated carbocycles. The molecule has 6 heteroatoms. The molecule has 0 bridgehead atoms. The Bertz CT molecular complexity index is 354. The highest BCUT2D eigenvalue weighted by Crippen LogP contribution is 2.20. The summed E-state index contributed by atoms with van der Waals surface area (Å²) in [6.07, 6.45) is 1.81. The first-order valence-electron chi connectivity index (χ1n) is 3.47. The molecule has 13 heavy (non-hydrogen) atoms. The molecule has 0 amide bonds. The van der Waals surface area contributed by atoms with Crippen molar-refractivity contribution in [2.45, 2.75) is 11.9 Å². The summed E-state index contributed by atoms with van der Waals surface area (Å²) in [6.45, 7) is 1.76. The number of anilines is 1. The lowest BCUT2D eigenvalue weighted by molar-refractivity contribution is 0.0682. The Kier molecular flexibility index (Phi) is 2.72. The number of thioether (sulfide) groups is 1. The van der Waals surface area contributed by atoms with Gasteiger partial charge in [0.25, 0.3) is 0 Å². The van der Waals surface area contributed by atoms with E-state index in [-0.39, 0.29) is 11.6 Å². The Hall–Kier alpha value is -1.30. The highest BCUT2D eigenvalue weighted by atomic mass is 32.2. The lowest BCUT2D eigenvalue weighted by Gasteiger charge is -2.04. The molecule has 0 spiro atoms. The summed E-state index contributed by atoms with van der Waals surface area (Å²) in [4.78, 5) is 18.0. The van der Waals surface area contributed by atoms with Gasteiger partial charge < -0.3 is 10.8 Å². The number of aromatic carboxylic acids is 1. The van der Waals surface area contributed by atoms with Gasteiger partial charge in [-0.1, -0.05) is 0 Å². The van der Waals surface area contributed by atoms with Crippen molar-refractivity contribution in [2.24, 2.45) is 0 Å². The van der Waals surface area contributed by atoms with Crippen LogP contribution in [-0.4, -0.2) is 27.3 Å². The van der Waals surface area contributed by atoms with Gasteiger partial charge in [-0.25, -0.2) is 14.8 Å². The molecule has 0 aliphatic heterocycles. The molecule has 0 radical (unpaired) electrons. The molecule has 0 fully saturated rings. The van der Waals surface area contributed by atoms with Crippen LogP contribution in [0.25, 0.3) is 0 Å². The number of aromatic nitrogens is 2. The molecule has 70 valence electrons. The maximum atomic E-state index is 10.5. The quantitative estimate of drug-likeness (QED) is 0.540. The Balaban J connectivity index is 3.30. The van der Waals surface area contributed by atoms with Crippen molar-refractivity contribution < 1.29 is 9.90 Å². The largest absolute Gasteiger partial charge is 0.475 e. The normalized spacial score (nSPS) is 10.0. The van der Waals surface area contributed by atoms with E-state index in [1.54, 1.807) is 13.2 Å². The van der Waals surface area contributed by atoms with Crippen molar-refractivity contribution in [1.29, 1.82) is 0 Å². The van der Waals surface area contributed by atoms with Crippen molar-refractivity contribution in [3.05, 3.63) is 11.4 Å². The fourth-order valence-corrected chi connectivity index (χ4v) is 1.40. The number of carbonyl (C=O) groups is 1. The van der Waals surface area contributed by atoms with Gasteiger partial charge in [-0.15, -0.1) is 11.8 Å². The van der Waals surface area contributed by atoms with Crippen molar-refractivity contribution >= 4 is 23.5 Å². The Morgan fingerprint density at radius 2 is 2.15 bits per heavy atom.